The van der Waals surface area contributed by atoms with Crippen molar-refractivity contribution < 1.29 is 45.8 Å². The molecule has 4 aromatic rings. The standard InChI is InChI=1S/C28H18F5NO5/c1-3-34-12-14(16-6-4-5-7-18(16)34)10-20-26(35)17-9-8-15(11-19(17)39-20)38-28(36)13(2)37-27-24(32)22(30)21(29)23(31)25(27)33/h4-13H,3H2,1-2H3/b20-10-. The van der Waals surface area contributed by atoms with Crippen molar-refractivity contribution in [1.82, 2.24) is 4.57 Å². The highest BCUT2D eigenvalue weighted by atomic mass is 19.2. The van der Waals surface area contributed by atoms with Gasteiger partial charge in [0.1, 0.15) is 11.5 Å². The van der Waals surface area contributed by atoms with Crippen LogP contribution in [0.4, 0.5) is 22.0 Å². The third-order valence-electron chi connectivity index (χ3n) is 6.10. The second-order valence-electron chi connectivity index (χ2n) is 8.57. The van der Waals surface area contributed by atoms with Gasteiger partial charge in [-0.2, -0.15) is 8.78 Å². The molecule has 1 aliphatic heterocycles. The summed E-state index contributed by atoms with van der Waals surface area (Å²) < 4.78 is 85.4. The lowest BCUT2D eigenvalue weighted by atomic mass is 10.1. The zero-order valence-electron chi connectivity index (χ0n) is 20.4. The molecule has 1 unspecified atom stereocenters. The highest BCUT2D eigenvalue weighted by Crippen LogP contribution is 2.36. The molecule has 1 atom stereocenters. The van der Waals surface area contributed by atoms with Crippen molar-refractivity contribution in [3.05, 3.63) is 94.6 Å². The number of hydrogen-bond donors (Lipinski definition) is 0. The van der Waals surface area contributed by atoms with E-state index in [9.17, 15) is 31.5 Å². The van der Waals surface area contributed by atoms with Crippen LogP contribution in [0.15, 0.2) is 54.4 Å². The number of hydrogen-bond acceptors (Lipinski definition) is 5. The molecule has 3 aromatic carbocycles. The van der Waals surface area contributed by atoms with Crippen molar-refractivity contribution in [2.75, 3.05) is 0 Å². The number of carbonyl (C=O) groups is 2. The van der Waals surface area contributed by atoms with Crippen molar-refractivity contribution in [2.45, 2.75) is 26.5 Å². The minimum atomic E-state index is -2.36. The summed E-state index contributed by atoms with van der Waals surface area (Å²) in [6, 6.07) is 11.6. The number of para-hydroxylation sites is 1. The summed E-state index contributed by atoms with van der Waals surface area (Å²) in [5, 5.41) is 0.927. The number of nitrogens with zero attached hydrogens (tertiary/aromatic N) is 1. The van der Waals surface area contributed by atoms with Crippen LogP contribution < -0.4 is 14.2 Å². The van der Waals surface area contributed by atoms with Crippen LogP contribution >= 0.6 is 0 Å². The molecule has 0 N–H and O–H groups in total. The van der Waals surface area contributed by atoms with E-state index < -0.39 is 46.9 Å². The third-order valence-corrected chi connectivity index (χ3v) is 6.10. The van der Waals surface area contributed by atoms with Gasteiger partial charge in [-0.05, 0) is 38.1 Å². The Hall–Kier alpha value is -4.67. The minimum absolute atomic E-state index is 0.0514. The summed E-state index contributed by atoms with van der Waals surface area (Å²) in [6.07, 6.45) is 1.75. The van der Waals surface area contributed by atoms with Gasteiger partial charge in [-0.3, -0.25) is 4.79 Å². The number of carbonyl (C=O) groups excluding carboxylic acids is 2. The van der Waals surface area contributed by atoms with Gasteiger partial charge in [-0.1, -0.05) is 18.2 Å². The molecule has 0 fully saturated rings. The molecule has 0 saturated carbocycles. The van der Waals surface area contributed by atoms with Gasteiger partial charge >= 0.3 is 5.97 Å². The van der Waals surface area contributed by atoms with Crippen LogP contribution in [0.3, 0.4) is 0 Å². The molecule has 2 heterocycles. The van der Waals surface area contributed by atoms with Crippen LogP contribution in [0, 0.1) is 29.1 Å². The number of aryl methyl sites for hydroxylation is 1. The summed E-state index contributed by atoms with van der Waals surface area (Å²) in [7, 11) is 0. The number of rotatable bonds is 6. The lowest BCUT2D eigenvalue weighted by Gasteiger charge is -2.15. The Bertz CT molecular complexity index is 1660. The molecule has 1 aliphatic rings. The molecule has 0 bridgehead atoms. The summed E-state index contributed by atoms with van der Waals surface area (Å²) in [5.74, 6) is -14.4. The number of fused-ring (bicyclic) bond motifs is 2. The summed E-state index contributed by atoms with van der Waals surface area (Å²) in [6.45, 7) is 3.72. The predicted octanol–water partition coefficient (Wildman–Crippen LogP) is 6.35. The minimum Gasteiger partial charge on any atom is -0.473 e. The molecule has 5 rings (SSSR count). The largest absolute Gasteiger partial charge is 0.473 e. The van der Waals surface area contributed by atoms with Gasteiger partial charge in [-0.15, -0.1) is 0 Å². The molecule has 200 valence electrons. The Balaban J connectivity index is 1.34. The lowest BCUT2D eigenvalue weighted by Crippen LogP contribution is -2.29. The molecule has 6 nitrogen and oxygen atoms in total. The highest BCUT2D eigenvalue weighted by molar-refractivity contribution is 6.15. The van der Waals surface area contributed by atoms with E-state index >= 15 is 0 Å². The van der Waals surface area contributed by atoms with Crippen LogP contribution in [0.25, 0.3) is 17.0 Å². The molecule has 11 heteroatoms. The maximum Gasteiger partial charge on any atom is 0.352 e. The van der Waals surface area contributed by atoms with E-state index in [1.54, 1.807) is 6.08 Å². The van der Waals surface area contributed by atoms with Crippen molar-refractivity contribution >= 4 is 28.7 Å². The zero-order valence-corrected chi connectivity index (χ0v) is 20.4. The van der Waals surface area contributed by atoms with Crippen LogP contribution in [-0.2, 0) is 11.3 Å². The lowest BCUT2D eigenvalue weighted by molar-refractivity contribution is -0.141. The summed E-state index contributed by atoms with van der Waals surface area (Å²) in [4.78, 5) is 25.3. The van der Waals surface area contributed by atoms with Gasteiger partial charge in [0, 0.05) is 35.3 Å². The maximum absolute atomic E-state index is 13.9. The molecular formula is C28H18F5NO5. The van der Waals surface area contributed by atoms with Crippen molar-refractivity contribution in [2.24, 2.45) is 0 Å². The van der Waals surface area contributed by atoms with E-state index in [1.165, 1.54) is 18.2 Å². The van der Waals surface area contributed by atoms with Crippen molar-refractivity contribution in [3.63, 3.8) is 0 Å². The molecule has 0 aliphatic carbocycles. The smallest absolute Gasteiger partial charge is 0.352 e. The Kier molecular flexibility index (Phi) is 6.59. The average molecular weight is 543 g/mol. The van der Waals surface area contributed by atoms with E-state index in [2.05, 4.69) is 0 Å². The number of allylic oxidation sites excluding steroid dienone is 1. The Morgan fingerprint density at radius 1 is 1.00 bits per heavy atom. The summed E-state index contributed by atoms with van der Waals surface area (Å²) in [5.41, 5.74) is 1.98. The first-order valence-electron chi connectivity index (χ1n) is 11.7. The molecule has 0 amide bonds. The number of aromatic nitrogens is 1. The van der Waals surface area contributed by atoms with E-state index in [0.29, 0.717) is 0 Å². The van der Waals surface area contributed by atoms with Gasteiger partial charge in [-0.25, -0.2) is 18.0 Å². The van der Waals surface area contributed by atoms with Gasteiger partial charge in [0.15, 0.2) is 17.6 Å². The first kappa shape index (κ1) is 26.0. The molecule has 0 saturated heterocycles. The highest BCUT2D eigenvalue weighted by Gasteiger charge is 2.31. The van der Waals surface area contributed by atoms with Crippen molar-refractivity contribution in [1.29, 1.82) is 0 Å². The number of halogens is 5. The number of ketones is 1. The Morgan fingerprint density at radius 3 is 2.36 bits per heavy atom. The monoisotopic (exact) mass is 543 g/mol. The van der Waals surface area contributed by atoms with Crippen LogP contribution in [0.1, 0.15) is 29.8 Å². The SMILES string of the molecule is CCn1cc(/C=C2\Oc3cc(OC(=O)C(C)Oc4c(F)c(F)c(F)c(F)c4F)ccc3C2=O)c2ccccc21. The number of benzene rings is 3. The van der Waals surface area contributed by atoms with E-state index in [4.69, 9.17) is 14.2 Å². The number of Topliss-reactive ketones (excluding diaryl/α,β-unsaturated/α-hetero) is 1. The first-order valence-corrected chi connectivity index (χ1v) is 11.7. The van der Waals surface area contributed by atoms with Crippen molar-refractivity contribution in [3.8, 4) is 17.2 Å². The molecule has 0 spiro atoms. The zero-order chi connectivity index (χ0) is 28.0. The van der Waals surface area contributed by atoms with Gasteiger partial charge in [0.05, 0.1) is 5.56 Å². The molecule has 0 radical (unpaired) electrons. The fraction of sp³-hybridized carbons (Fsp3) is 0.143. The average Bonchev–Trinajstić information content (AvgIpc) is 3.45. The molecular weight excluding hydrogens is 525 g/mol. The third kappa shape index (κ3) is 4.49. The second-order valence-corrected chi connectivity index (χ2v) is 8.57. The normalized spacial score (nSPS) is 14.4. The number of esters is 1. The first-order chi connectivity index (χ1) is 18.6. The van der Waals surface area contributed by atoms with Crippen LogP contribution in [0.5, 0.6) is 17.2 Å². The fourth-order valence-corrected chi connectivity index (χ4v) is 4.14. The maximum atomic E-state index is 13.9. The number of ether oxygens (including phenoxy) is 3. The quantitative estimate of drug-likeness (QED) is 0.0709. The van der Waals surface area contributed by atoms with E-state index in [1.807, 2.05) is 42.0 Å². The van der Waals surface area contributed by atoms with Gasteiger partial charge < -0.3 is 18.8 Å². The topological polar surface area (TPSA) is 66.8 Å². The Morgan fingerprint density at radius 2 is 1.67 bits per heavy atom. The molecule has 39 heavy (non-hydrogen) atoms. The van der Waals surface area contributed by atoms with Gasteiger partial charge in [0.25, 0.3) is 0 Å². The van der Waals surface area contributed by atoms with Crippen LogP contribution in [-0.4, -0.2) is 22.4 Å². The Labute approximate surface area is 217 Å². The van der Waals surface area contributed by atoms with E-state index in [-0.39, 0.29) is 28.6 Å². The van der Waals surface area contributed by atoms with E-state index in [0.717, 1.165) is 29.9 Å². The molecule has 1 aromatic heterocycles. The van der Waals surface area contributed by atoms with Gasteiger partial charge in [0.2, 0.25) is 34.9 Å². The predicted molar refractivity (Wildman–Crippen MR) is 129 cm³/mol. The van der Waals surface area contributed by atoms with Crippen LogP contribution in [0.2, 0.25) is 0 Å². The fourth-order valence-electron chi connectivity index (χ4n) is 4.14. The summed E-state index contributed by atoms with van der Waals surface area (Å²) >= 11 is 0. The second kappa shape index (κ2) is 9.90.